The molecule has 0 aliphatic carbocycles. The highest BCUT2D eigenvalue weighted by molar-refractivity contribution is 7.99. The molecule has 0 atom stereocenters. The third-order valence-electron chi connectivity index (χ3n) is 1.84. The van der Waals surface area contributed by atoms with E-state index >= 15 is 0 Å². The number of hydrogen-bond acceptors (Lipinski definition) is 5. The molecule has 1 rings (SSSR count). The third kappa shape index (κ3) is 4.37. The van der Waals surface area contributed by atoms with Gasteiger partial charge in [0, 0.05) is 26.0 Å². The van der Waals surface area contributed by atoms with Gasteiger partial charge >= 0.3 is 0 Å². The molecule has 0 saturated carbocycles. The lowest BCUT2D eigenvalue weighted by molar-refractivity contribution is 0.177. The van der Waals surface area contributed by atoms with Gasteiger partial charge in [0.1, 0.15) is 17.5 Å². The number of nitrogens with zero attached hydrogens (tertiary/aromatic N) is 2. The summed E-state index contributed by atoms with van der Waals surface area (Å²) in [4.78, 5) is 8.74. The fourth-order valence-electron chi connectivity index (χ4n) is 1.12. The minimum Gasteiger partial charge on any atom is -0.377 e. The summed E-state index contributed by atoms with van der Waals surface area (Å²) >= 11 is 1.75. The second-order valence-corrected chi connectivity index (χ2v) is 4.94. The first-order chi connectivity index (χ1) is 7.65. The predicted octanol–water partition coefficient (Wildman–Crippen LogP) is 2.41. The first-order valence-electron chi connectivity index (χ1n) is 5.33. The summed E-state index contributed by atoms with van der Waals surface area (Å²) in [6.07, 6.45) is 0. The van der Waals surface area contributed by atoms with E-state index in [0.717, 1.165) is 22.4 Å². The molecule has 16 heavy (non-hydrogen) atoms. The smallest absolute Gasteiger partial charge is 0.157 e. The molecule has 0 aliphatic rings. The van der Waals surface area contributed by atoms with Crippen LogP contribution >= 0.6 is 11.8 Å². The molecule has 90 valence electrons. The van der Waals surface area contributed by atoms with Crippen LogP contribution in [0.5, 0.6) is 0 Å². The number of nitrogens with one attached hydrogen (secondary N) is 1. The van der Waals surface area contributed by atoms with Crippen LogP contribution in [0.3, 0.4) is 0 Å². The number of ether oxygens (including phenoxy) is 1. The van der Waals surface area contributed by atoms with Crippen molar-refractivity contribution in [3.63, 3.8) is 0 Å². The number of aromatic nitrogens is 2. The fourth-order valence-corrected chi connectivity index (χ4v) is 1.99. The summed E-state index contributed by atoms with van der Waals surface area (Å²) in [5.41, 5.74) is 0. The Kier molecular flexibility index (Phi) is 5.55. The molecule has 1 heterocycles. The van der Waals surface area contributed by atoms with Crippen molar-refractivity contribution >= 4 is 17.6 Å². The molecule has 5 heteroatoms. The van der Waals surface area contributed by atoms with Crippen molar-refractivity contribution in [1.82, 2.24) is 9.97 Å². The van der Waals surface area contributed by atoms with Crippen LogP contribution < -0.4 is 5.32 Å². The Morgan fingerprint density at radius 2 is 2.19 bits per heavy atom. The van der Waals surface area contributed by atoms with Crippen LogP contribution in [-0.2, 0) is 11.3 Å². The molecular formula is C11H19N3OS. The number of thioether (sulfide) groups is 1. The molecule has 0 amide bonds. The maximum Gasteiger partial charge on any atom is 0.157 e. The zero-order valence-corrected chi connectivity index (χ0v) is 11.1. The second-order valence-electron chi connectivity index (χ2n) is 3.90. The van der Waals surface area contributed by atoms with Crippen molar-refractivity contribution in [1.29, 1.82) is 0 Å². The Hall–Kier alpha value is -0.810. The van der Waals surface area contributed by atoms with Crippen LogP contribution in [0.1, 0.15) is 19.7 Å². The lowest BCUT2D eigenvalue weighted by atomic mass is 10.3. The second kappa shape index (κ2) is 6.70. The topological polar surface area (TPSA) is 47.0 Å². The molecule has 0 unspecified atom stereocenters. The number of methoxy groups -OCH3 is 1. The van der Waals surface area contributed by atoms with Crippen LogP contribution in [0, 0.1) is 5.92 Å². The normalized spacial score (nSPS) is 10.8. The van der Waals surface area contributed by atoms with Crippen LogP contribution in [0.15, 0.2) is 11.1 Å². The first-order valence-corrected chi connectivity index (χ1v) is 6.31. The van der Waals surface area contributed by atoms with E-state index in [0.29, 0.717) is 12.5 Å². The van der Waals surface area contributed by atoms with Crippen LogP contribution in [0.25, 0.3) is 0 Å². The molecular weight excluding hydrogens is 222 g/mol. The van der Waals surface area contributed by atoms with Gasteiger partial charge in [0.25, 0.3) is 0 Å². The Bertz CT molecular complexity index is 331. The Morgan fingerprint density at radius 3 is 2.75 bits per heavy atom. The molecule has 0 saturated heterocycles. The quantitative estimate of drug-likeness (QED) is 0.612. The number of anilines is 1. The van der Waals surface area contributed by atoms with Crippen molar-refractivity contribution in [3.05, 3.63) is 11.9 Å². The summed E-state index contributed by atoms with van der Waals surface area (Å²) in [6, 6.07) is 1.96. The monoisotopic (exact) mass is 241 g/mol. The van der Waals surface area contributed by atoms with Gasteiger partial charge in [-0.15, -0.1) is 11.8 Å². The van der Waals surface area contributed by atoms with Crippen molar-refractivity contribution < 1.29 is 4.74 Å². The molecule has 0 bridgehead atoms. The SMILES string of the molecule is CNc1cc(SCC(C)C)nc(COC)n1. The van der Waals surface area contributed by atoms with Crippen LogP contribution in [0.2, 0.25) is 0 Å². The molecule has 1 N–H and O–H groups in total. The van der Waals surface area contributed by atoms with E-state index in [4.69, 9.17) is 4.74 Å². The van der Waals surface area contributed by atoms with Gasteiger partial charge in [0.05, 0.1) is 0 Å². The van der Waals surface area contributed by atoms with Crippen LogP contribution in [0.4, 0.5) is 5.82 Å². The fraction of sp³-hybridized carbons (Fsp3) is 0.636. The Morgan fingerprint density at radius 1 is 1.44 bits per heavy atom. The van der Waals surface area contributed by atoms with Gasteiger partial charge in [0.2, 0.25) is 0 Å². The highest BCUT2D eigenvalue weighted by atomic mass is 32.2. The van der Waals surface area contributed by atoms with Gasteiger partial charge in [-0.2, -0.15) is 0 Å². The van der Waals surface area contributed by atoms with Gasteiger partial charge in [0.15, 0.2) is 5.82 Å². The van der Waals surface area contributed by atoms with Gasteiger partial charge in [-0.1, -0.05) is 13.8 Å². The molecule has 0 radical (unpaired) electrons. The molecule has 0 aliphatic heterocycles. The average Bonchev–Trinajstić information content (AvgIpc) is 2.26. The van der Waals surface area contributed by atoms with Gasteiger partial charge in [-0.25, -0.2) is 9.97 Å². The molecule has 0 aromatic carbocycles. The zero-order valence-electron chi connectivity index (χ0n) is 10.3. The van der Waals surface area contributed by atoms with E-state index in [1.54, 1.807) is 18.9 Å². The van der Waals surface area contributed by atoms with E-state index in [1.165, 1.54) is 0 Å². The third-order valence-corrected chi connectivity index (χ3v) is 3.18. The van der Waals surface area contributed by atoms with Gasteiger partial charge < -0.3 is 10.1 Å². The minimum atomic E-state index is 0.449. The summed E-state index contributed by atoms with van der Waals surface area (Å²) in [6.45, 7) is 4.84. The van der Waals surface area contributed by atoms with Crippen molar-refractivity contribution in [2.24, 2.45) is 5.92 Å². The molecule has 0 spiro atoms. The Balaban J connectivity index is 2.77. The van der Waals surface area contributed by atoms with E-state index in [-0.39, 0.29) is 0 Å². The Labute approximate surface area is 101 Å². The van der Waals surface area contributed by atoms with E-state index < -0.39 is 0 Å². The molecule has 0 fully saturated rings. The van der Waals surface area contributed by atoms with E-state index in [2.05, 4.69) is 29.1 Å². The van der Waals surface area contributed by atoms with Crippen LogP contribution in [-0.4, -0.2) is 29.9 Å². The van der Waals surface area contributed by atoms with Crippen molar-refractivity contribution in [2.75, 3.05) is 25.2 Å². The van der Waals surface area contributed by atoms with Gasteiger partial charge in [-0.05, 0) is 5.92 Å². The van der Waals surface area contributed by atoms with Crippen molar-refractivity contribution in [3.8, 4) is 0 Å². The largest absolute Gasteiger partial charge is 0.377 e. The van der Waals surface area contributed by atoms with Crippen molar-refractivity contribution in [2.45, 2.75) is 25.5 Å². The number of rotatable bonds is 6. The standard InChI is InChI=1S/C11H19N3OS/c1-8(2)7-16-11-5-9(12-3)13-10(14-11)6-15-4/h5,8H,6-7H2,1-4H3,(H,12,13,14). The summed E-state index contributed by atoms with van der Waals surface area (Å²) < 4.78 is 5.05. The minimum absolute atomic E-state index is 0.449. The molecule has 4 nitrogen and oxygen atoms in total. The highest BCUT2D eigenvalue weighted by Crippen LogP contribution is 2.21. The molecule has 1 aromatic heterocycles. The van der Waals surface area contributed by atoms with Gasteiger partial charge in [-0.3, -0.25) is 0 Å². The predicted molar refractivity (Wildman–Crippen MR) is 67.9 cm³/mol. The first kappa shape index (κ1) is 13.3. The van der Waals surface area contributed by atoms with E-state index in [9.17, 15) is 0 Å². The number of hydrogen-bond donors (Lipinski definition) is 1. The zero-order chi connectivity index (χ0) is 12.0. The lowest BCUT2D eigenvalue weighted by Crippen LogP contribution is -2.03. The summed E-state index contributed by atoms with van der Waals surface area (Å²) in [5.74, 6) is 3.28. The molecule has 1 aromatic rings. The summed E-state index contributed by atoms with van der Waals surface area (Å²) in [5, 5.41) is 4.03. The average molecular weight is 241 g/mol. The lowest BCUT2D eigenvalue weighted by Gasteiger charge is -2.08. The maximum atomic E-state index is 5.05. The summed E-state index contributed by atoms with van der Waals surface area (Å²) in [7, 11) is 3.51. The van der Waals surface area contributed by atoms with E-state index in [1.807, 2.05) is 13.1 Å². The maximum absolute atomic E-state index is 5.05. The highest BCUT2D eigenvalue weighted by Gasteiger charge is 2.05.